The molecule has 0 radical (unpaired) electrons. The molecule has 3 amide bonds. The van der Waals surface area contributed by atoms with Crippen LogP contribution in [0.3, 0.4) is 0 Å². The lowest BCUT2D eigenvalue weighted by Crippen LogP contribution is -2.58. The first-order valence-electron chi connectivity index (χ1n) is 24.2. The highest BCUT2D eigenvalue weighted by molar-refractivity contribution is 7.13. The Morgan fingerprint density at radius 3 is 2.21 bits per heavy atom. The van der Waals surface area contributed by atoms with Gasteiger partial charge in [0.15, 0.2) is 0 Å². The molecule has 2 aliphatic heterocycles. The molecule has 71 heavy (non-hydrogen) atoms. The van der Waals surface area contributed by atoms with Gasteiger partial charge in [0, 0.05) is 59.8 Å². The Bertz CT molecular complexity index is 2610. The van der Waals surface area contributed by atoms with Crippen molar-refractivity contribution in [2.45, 2.75) is 110 Å². The number of aryl methyl sites for hydroxylation is 1. The lowest BCUT2D eigenvalue weighted by Gasteiger charge is -2.43. The third-order valence-electron chi connectivity index (χ3n) is 12.9. The number of carbonyl (C=O) groups excluding carboxylic acids is 3. The SMILES string of the molecule is Cc1ncsc1-c1ccc([C@H](C)NC(=O)[C@@H]2C[C@@H](O)CN2C(=O)[C@@H](NC(=O)COCCOCCOCCOc2cc(F)c(C3c4[nH]c5ccccc5c4C[C@@H](C)N3CC(C)(C)F)c(F)c2)C(C)(C)C)cc1. The van der Waals surface area contributed by atoms with Crippen LogP contribution in [0.5, 0.6) is 5.75 Å². The summed E-state index contributed by atoms with van der Waals surface area (Å²) in [4.78, 5) is 52.7. The number of benzene rings is 3. The Morgan fingerprint density at radius 1 is 0.930 bits per heavy atom. The number of H-pyrrole nitrogens is 1. The topological polar surface area (TPSA) is 168 Å². The maximum absolute atomic E-state index is 16.0. The second-order valence-corrected chi connectivity index (χ2v) is 21.1. The van der Waals surface area contributed by atoms with Gasteiger partial charge in [-0.25, -0.2) is 18.2 Å². The van der Waals surface area contributed by atoms with E-state index in [1.165, 1.54) is 18.7 Å². The van der Waals surface area contributed by atoms with Gasteiger partial charge < -0.3 is 44.6 Å². The number of β-amino-alcohol motifs (C(OH)–C–C–N with tert-alkyl or cyclic N) is 1. The number of carbonyl (C=O) groups is 3. The van der Waals surface area contributed by atoms with Crippen molar-refractivity contribution >= 4 is 40.0 Å². The van der Waals surface area contributed by atoms with Gasteiger partial charge in [0.1, 0.15) is 48.4 Å². The molecule has 4 N–H and O–H groups in total. The minimum atomic E-state index is -1.61. The van der Waals surface area contributed by atoms with Crippen LogP contribution in [0.25, 0.3) is 21.3 Å². The number of aliphatic hydroxyl groups is 1. The number of aromatic amines is 1. The fraction of sp³-hybridized carbons (Fsp3) is 0.509. The van der Waals surface area contributed by atoms with Crippen LogP contribution < -0.4 is 15.4 Å². The predicted molar refractivity (Wildman–Crippen MR) is 266 cm³/mol. The molecule has 7 rings (SSSR count). The van der Waals surface area contributed by atoms with Crippen molar-refractivity contribution in [3.8, 4) is 16.2 Å². The number of halogens is 3. The van der Waals surface area contributed by atoms with Gasteiger partial charge in [-0.2, -0.15) is 0 Å². The molecule has 0 saturated carbocycles. The molecule has 2 aliphatic rings. The van der Waals surface area contributed by atoms with Crippen molar-refractivity contribution in [2.24, 2.45) is 5.41 Å². The summed E-state index contributed by atoms with van der Waals surface area (Å²) in [5.74, 6) is -3.01. The van der Waals surface area contributed by atoms with E-state index < -0.39 is 64.7 Å². The first kappa shape index (κ1) is 53.4. The molecule has 1 saturated heterocycles. The largest absolute Gasteiger partial charge is 0.491 e. The van der Waals surface area contributed by atoms with Crippen LogP contribution >= 0.6 is 11.3 Å². The van der Waals surface area contributed by atoms with E-state index in [0.29, 0.717) is 12.1 Å². The molecule has 0 aliphatic carbocycles. The summed E-state index contributed by atoms with van der Waals surface area (Å²) in [6, 6.07) is 14.5. The van der Waals surface area contributed by atoms with Crippen molar-refractivity contribution in [2.75, 3.05) is 59.3 Å². The number of hydrogen-bond acceptors (Lipinski definition) is 11. The van der Waals surface area contributed by atoms with Gasteiger partial charge >= 0.3 is 0 Å². The van der Waals surface area contributed by atoms with E-state index in [0.717, 1.165) is 50.3 Å². The Hall–Kier alpha value is -5.37. The number of hydrogen-bond donors (Lipinski definition) is 4. The maximum atomic E-state index is 16.0. The van der Waals surface area contributed by atoms with Crippen molar-refractivity contribution in [3.63, 3.8) is 0 Å². The van der Waals surface area contributed by atoms with Crippen molar-refractivity contribution in [1.82, 2.24) is 30.4 Å². The van der Waals surface area contributed by atoms with Crippen LogP contribution in [0.2, 0.25) is 0 Å². The molecule has 6 atom stereocenters. The molecule has 2 aromatic heterocycles. The Morgan fingerprint density at radius 2 is 1.58 bits per heavy atom. The quantitative estimate of drug-likeness (QED) is 0.0534. The number of aromatic nitrogens is 2. The normalized spacial score (nSPS) is 19.4. The van der Waals surface area contributed by atoms with E-state index in [4.69, 9.17) is 18.9 Å². The number of ether oxygens (including phenoxy) is 4. The van der Waals surface area contributed by atoms with Gasteiger partial charge in [0.05, 0.1) is 67.3 Å². The van der Waals surface area contributed by atoms with Gasteiger partial charge in [-0.1, -0.05) is 63.2 Å². The molecule has 1 unspecified atom stereocenters. The number of rotatable bonds is 21. The van der Waals surface area contributed by atoms with E-state index in [9.17, 15) is 19.5 Å². The van der Waals surface area contributed by atoms with Crippen molar-refractivity contribution in [3.05, 3.63) is 106 Å². The van der Waals surface area contributed by atoms with Crippen LogP contribution in [-0.4, -0.2) is 132 Å². The minimum Gasteiger partial charge on any atom is -0.491 e. The molecule has 1 fully saturated rings. The summed E-state index contributed by atoms with van der Waals surface area (Å²) >= 11 is 1.56. The van der Waals surface area contributed by atoms with Crippen molar-refractivity contribution < 1.29 is 51.6 Å². The van der Waals surface area contributed by atoms with Gasteiger partial charge in [0.25, 0.3) is 0 Å². The smallest absolute Gasteiger partial charge is 0.246 e. The first-order valence-corrected chi connectivity index (χ1v) is 25.1. The molecule has 384 valence electrons. The molecule has 0 spiro atoms. The Kier molecular flexibility index (Phi) is 17.3. The zero-order valence-electron chi connectivity index (χ0n) is 41.8. The summed E-state index contributed by atoms with van der Waals surface area (Å²) in [7, 11) is 0. The fourth-order valence-electron chi connectivity index (χ4n) is 9.45. The second kappa shape index (κ2) is 23.0. The van der Waals surface area contributed by atoms with E-state index in [1.807, 2.05) is 74.2 Å². The zero-order chi connectivity index (χ0) is 51.2. The van der Waals surface area contributed by atoms with Crippen LogP contribution in [-0.2, 0) is 35.0 Å². The third-order valence-corrected chi connectivity index (χ3v) is 13.9. The molecule has 18 heteroatoms. The van der Waals surface area contributed by atoms with Crippen LogP contribution in [0.4, 0.5) is 13.2 Å². The Labute approximate surface area is 417 Å². The number of fused-ring (bicyclic) bond motifs is 3. The number of amides is 3. The highest BCUT2D eigenvalue weighted by Crippen LogP contribution is 2.44. The zero-order valence-corrected chi connectivity index (χ0v) is 42.6. The molecule has 5 aromatic rings. The van der Waals surface area contributed by atoms with E-state index in [2.05, 4.69) is 20.6 Å². The summed E-state index contributed by atoms with van der Waals surface area (Å²) in [6.45, 7) is 14.4. The molecule has 3 aromatic carbocycles. The number of para-hydroxylation sites is 1. The first-order chi connectivity index (χ1) is 33.7. The Balaban J connectivity index is 0.815. The average molecular weight is 1010 g/mol. The summed E-state index contributed by atoms with van der Waals surface area (Å²) in [6.07, 6.45) is -0.243. The minimum absolute atomic E-state index is 0.00530. The fourth-order valence-corrected chi connectivity index (χ4v) is 10.3. The van der Waals surface area contributed by atoms with Crippen LogP contribution in [0.15, 0.2) is 66.2 Å². The highest BCUT2D eigenvalue weighted by atomic mass is 32.1. The van der Waals surface area contributed by atoms with Crippen LogP contribution in [0.1, 0.15) is 95.0 Å². The van der Waals surface area contributed by atoms with Crippen molar-refractivity contribution in [1.29, 1.82) is 0 Å². The monoisotopic (exact) mass is 1000 g/mol. The molecule has 0 bridgehead atoms. The number of thiazole rings is 1. The summed E-state index contributed by atoms with van der Waals surface area (Å²) in [5, 5.41) is 17.4. The van der Waals surface area contributed by atoms with Gasteiger partial charge in [-0.15, -0.1) is 11.3 Å². The molecular formula is C53H67F3N6O8S. The van der Waals surface area contributed by atoms with E-state index >= 15 is 13.2 Å². The van der Waals surface area contributed by atoms with Gasteiger partial charge in [-0.3, -0.25) is 19.3 Å². The lowest BCUT2D eigenvalue weighted by atomic mass is 9.85. The molecule has 4 heterocycles. The summed E-state index contributed by atoms with van der Waals surface area (Å²) in [5.41, 5.74) is 4.60. The molecular weight excluding hydrogens is 938 g/mol. The summed E-state index contributed by atoms with van der Waals surface area (Å²) < 4.78 is 69.5. The van der Waals surface area contributed by atoms with Crippen LogP contribution in [0, 0.1) is 24.0 Å². The highest BCUT2D eigenvalue weighted by Gasteiger charge is 2.45. The number of aliphatic hydroxyl groups excluding tert-OH is 1. The van der Waals surface area contributed by atoms with Gasteiger partial charge in [0.2, 0.25) is 17.7 Å². The predicted octanol–water partition coefficient (Wildman–Crippen LogP) is 7.76. The van der Waals surface area contributed by atoms with E-state index in [1.54, 1.807) is 37.6 Å². The van der Waals surface area contributed by atoms with E-state index in [-0.39, 0.29) is 89.2 Å². The number of nitrogens with one attached hydrogen (secondary N) is 3. The number of alkyl halides is 1. The van der Waals surface area contributed by atoms with Gasteiger partial charge in [-0.05, 0) is 69.2 Å². The maximum Gasteiger partial charge on any atom is 0.246 e. The second-order valence-electron chi connectivity index (χ2n) is 20.2. The molecule has 14 nitrogen and oxygen atoms in total. The number of nitrogens with zero attached hydrogens (tertiary/aromatic N) is 3. The standard InChI is InChI=1S/C53H67F3N6O8S/c1-31-23-39-38-11-9-10-12-42(38)59-46(39)47(62(31)29-53(7,8)56)45-40(54)25-37(26-41(45)55)70-22-21-68-18-17-67-19-20-69-28-44(64)60-49(52(4,5)6)51(66)61-27-36(63)24-43(61)50(65)58-32(2)34-13-15-35(16-14-34)48-33(3)57-30-71-48/h9-16,25-26,30-32,36,43,47,49,59,63H,17-24,27-29H2,1-8H3,(H,58,65)(H,60,64)/t31-,32+,36-,43+,47?,49-/m1/s1. The number of likely N-dealkylation sites (tertiary alicyclic amines) is 1. The lowest BCUT2D eigenvalue weighted by molar-refractivity contribution is -0.144. The average Bonchev–Trinajstić information content (AvgIpc) is 4.03. The third kappa shape index (κ3) is 13.2.